The molecule has 0 radical (unpaired) electrons. The Morgan fingerprint density at radius 1 is 1.00 bits per heavy atom. The number of carbonyl (C=O) groups is 4. The Bertz CT molecular complexity index is 1100. The summed E-state index contributed by atoms with van der Waals surface area (Å²) in [4.78, 5) is 54.2. The molecule has 10 heteroatoms. The Morgan fingerprint density at radius 2 is 1.78 bits per heavy atom. The first-order valence-electron chi connectivity index (χ1n) is 11.7. The highest BCUT2D eigenvalue weighted by molar-refractivity contribution is 8.14. The summed E-state index contributed by atoms with van der Waals surface area (Å²) in [5.74, 6) is -0.293. The van der Waals surface area contributed by atoms with Crippen LogP contribution in [-0.2, 0) is 32.1 Å². The molecule has 190 valence electrons. The second kappa shape index (κ2) is 12.0. The van der Waals surface area contributed by atoms with Gasteiger partial charge in [-0.1, -0.05) is 54.2 Å². The third-order valence-corrected chi connectivity index (χ3v) is 7.01. The number of ether oxygens (including phenoxy) is 2. The normalized spacial score (nSPS) is 18.5. The summed E-state index contributed by atoms with van der Waals surface area (Å²) < 4.78 is 11.5. The zero-order chi connectivity index (χ0) is 25.5. The fourth-order valence-corrected chi connectivity index (χ4v) is 4.87. The van der Waals surface area contributed by atoms with Gasteiger partial charge in [0.2, 0.25) is 17.7 Å². The highest BCUT2D eigenvalue weighted by Gasteiger charge is 2.35. The molecule has 2 aliphatic heterocycles. The standard InChI is InChI=1S/C26H29N3O6S/c1-34-21-9-5-8-20(12-21)17-35-22-13-27(11-10-19-6-3-2-4-7-19)23(30)15-28(14-22)24(31)16-29-25(32)18-36-26(29)33/h2-9,12,22H,10-11,13-18H2,1H3. The molecular weight excluding hydrogens is 482 g/mol. The van der Waals surface area contributed by atoms with E-state index in [0.29, 0.717) is 25.3 Å². The molecule has 2 aliphatic rings. The molecule has 0 bridgehead atoms. The molecule has 9 nitrogen and oxygen atoms in total. The summed E-state index contributed by atoms with van der Waals surface area (Å²) in [7, 11) is 1.60. The van der Waals surface area contributed by atoms with Crippen molar-refractivity contribution in [2.24, 2.45) is 0 Å². The Morgan fingerprint density at radius 3 is 2.50 bits per heavy atom. The summed E-state index contributed by atoms with van der Waals surface area (Å²) in [5, 5.41) is -0.440. The van der Waals surface area contributed by atoms with Gasteiger partial charge in [-0.3, -0.25) is 24.1 Å². The third-order valence-electron chi connectivity index (χ3n) is 6.15. The first-order valence-corrected chi connectivity index (χ1v) is 12.7. The van der Waals surface area contributed by atoms with Crippen molar-refractivity contribution >= 4 is 34.7 Å². The molecule has 0 saturated carbocycles. The van der Waals surface area contributed by atoms with Crippen LogP contribution in [0.25, 0.3) is 0 Å². The summed E-state index contributed by atoms with van der Waals surface area (Å²) in [6.45, 7) is 0.783. The number of hydrogen-bond donors (Lipinski definition) is 0. The SMILES string of the molecule is COc1cccc(COC2CN(CCc3ccccc3)C(=O)CN(C(=O)CN3C(=O)CSC3=O)C2)c1. The van der Waals surface area contributed by atoms with Crippen molar-refractivity contribution in [2.45, 2.75) is 19.1 Å². The zero-order valence-electron chi connectivity index (χ0n) is 20.1. The van der Waals surface area contributed by atoms with Crippen LogP contribution in [0.2, 0.25) is 0 Å². The van der Waals surface area contributed by atoms with Gasteiger partial charge in [-0.2, -0.15) is 0 Å². The van der Waals surface area contributed by atoms with Crippen molar-refractivity contribution in [3.8, 4) is 5.75 Å². The van der Waals surface area contributed by atoms with Gasteiger partial charge in [0.15, 0.2) is 0 Å². The van der Waals surface area contributed by atoms with E-state index in [1.807, 2.05) is 54.6 Å². The number of thioether (sulfide) groups is 1. The summed E-state index contributed by atoms with van der Waals surface area (Å²) in [5.41, 5.74) is 2.02. The van der Waals surface area contributed by atoms with Gasteiger partial charge in [0.25, 0.3) is 5.24 Å². The fraction of sp³-hybridized carbons (Fsp3) is 0.385. The van der Waals surface area contributed by atoms with Gasteiger partial charge < -0.3 is 19.3 Å². The van der Waals surface area contributed by atoms with Crippen molar-refractivity contribution in [2.75, 3.05) is 45.6 Å². The van der Waals surface area contributed by atoms with E-state index in [2.05, 4.69) is 0 Å². The van der Waals surface area contributed by atoms with Gasteiger partial charge in [-0.15, -0.1) is 0 Å². The van der Waals surface area contributed by atoms with E-state index in [-0.39, 0.29) is 37.9 Å². The van der Waals surface area contributed by atoms with Crippen molar-refractivity contribution in [1.82, 2.24) is 14.7 Å². The van der Waals surface area contributed by atoms with Crippen LogP contribution in [-0.4, -0.2) is 89.4 Å². The van der Waals surface area contributed by atoms with E-state index in [4.69, 9.17) is 9.47 Å². The van der Waals surface area contributed by atoms with E-state index in [1.165, 1.54) is 4.90 Å². The second-order valence-corrected chi connectivity index (χ2v) is 9.60. The monoisotopic (exact) mass is 511 g/mol. The highest BCUT2D eigenvalue weighted by Crippen LogP contribution is 2.20. The van der Waals surface area contributed by atoms with Crippen LogP contribution < -0.4 is 4.74 Å². The van der Waals surface area contributed by atoms with Gasteiger partial charge in [-0.05, 0) is 29.7 Å². The molecule has 0 aromatic heterocycles. The lowest BCUT2D eigenvalue weighted by Crippen LogP contribution is -2.46. The molecule has 2 aromatic carbocycles. The van der Waals surface area contributed by atoms with Crippen LogP contribution >= 0.6 is 11.8 Å². The molecule has 0 N–H and O–H groups in total. The van der Waals surface area contributed by atoms with Gasteiger partial charge in [0.05, 0.1) is 32.1 Å². The van der Waals surface area contributed by atoms with Gasteiger partial charge >= 0.3 is 0 Å². The molecule has 4 rings (SSSR count). The van der Waals surface area contributed by atoms with E-state index >= 15 is 0 Å². The molecule has 2 aromatic rings. The molecule has 36 heavy (non-hydrogen) atoms. The van der Waals surface area contributed by atoms with Gasteiger partial charge in [-0.25, -0.2) is 0 Å². The number of amides is 4. The predicted molar refractivity (Wildman–Crippen MR) is 134 cm³/mol. The molecule has 1 atom stereocenters. The maximum absolute atomic E-state index is 13.1. The fourth-order valence-electron chi connectivity index (χ4n) is 4.14. The highest BCUT2D eigenvalue weighted by atomic mass is 32.2. The first kappa shape index (κ1) is 25.7. The Balaban J connectivity index is 1.46. The maximum atomic E-state index is 13.1. The summed E-state index contributed by atoms with van der Waals surface area (Å²) >= 11 is 0.878. The van der Waals surface area contributed by atoms with Crippen LogP contribution in [0.5, 0.6) is 5.75 Å². The van der Waals surface area contributed by atoms with E-state index in [0.717, 1.165) is 27.8 Å². The summed E-state index contributed by atoms with van der Waals surface area (Å²) in [6.07, 6.45) is 0.235. The van der Waals surface area contributed by atoms with Crippen LogP contribution in [0.4, 0.5) is 4.79 Å². The number of carbonyl (C=O) groups excluding carboxylic acids is 4. The van der Waals surface area contributed by atoms with E-state index in [1.54, 1.807) is 12.0 Å². The average Bonchev–Trinajstić information content (AvgIpc) is 3.11. The topological polar surface area (TPSA) is 96.5 Å². The first-order chi connectivity index (χ1) is 17.4. The molecule has 1 unspecified atom stereocenters. The number of nitrogens with zero attached hydrogens (tertiary/aromatic N) is 3. The van der Waals surface area contributed by atoms with Crippen molar-refractivity contribution in [3.05, 3.63) is 65.7 Å². The largest absolute Gasteiger partial charge is 0.497 e. The number of rotatable bonds is 9. The van der Waals surface area contributed by atoms with Gasteiger partial charge in [0.1, 0.15) is 12.3 Å². The number of hydrogen-bond acceptors (Lipinski definition) is 7. The lowest BCUT2D eigenvalue weighted by molar-refractivity contribution is -0.140. The van der Waals surface area contributed by atoms with Crippen LogP contribution in [0, 0.1) is 0 Å². The van der Waals surface area contributed by atoms with Crippen molar-refractivity contribution in [1.29, 1.82) is 0 Å². The lowest BCUT2D eigenvalue weighted by Gasteiger charge is -2.25. The minimum absolute atomic E-state index is 0.0323. The van der Waals surface area contributed by atoms with Crippen LogP contribution in [0.3, 0.4) is 0 Å². The zero-order valence-corrected chi connectivity index (χ0v) is 20.9. The predicted octanol–water partition coefficient (Wildman–Crippen LogP) is 2.19. The number of methoxy groups -OCH3 is 1. The molecule has 0 spiro atoms. The molecule has 2 saturated heterocycles. The minimum atomic E-state index is -0.451. The maximum Gasteiger partial charge on any atom is 0.289 e. The summed E-state index contributed by atoms with van der Waals surface area (Å²) in [6, 6.07) is 17.4. The quantitative estimate of drug-likeness (QED) is 0.509. The molecule has 2 fully saturated rings. The molecular formula is C26H29N3O6S. The van der Waals surface area contributed by atoms with E-state index in [9.17, 15) is 19.2 Å². The van der Waals surface area contributed by atoms with Gasteiger partial charge in [0, 0.05) is 19.6 Å². The Labute approximate surface area is 214 Å². The van der Waals surface area contributed by atoms with Crippen LogP contribution in [0.15, 0.2) is 54.6 Å². The Kier molecular flexibility index (Phi) is 8.61. The second-order valence-electron chi connectivity index (χ2n) is 8.67. The number of benzene rings is 2. The van der Waals surface area contributed by atoms with Crippen LogP contribution in [0.1, 0.15) is 11.1 Å². The molecule has 2 heterocycles. The molecule has 0 aliphatic carbocycles. The Hall–Kier alpha value is -3.37. The lowest BCUT2D eigenvalue weighted by atomic mass is 10.1. The number of imide groups is 1. The van der Waals surface area contributed by atoms with Crippen molar-refractivity contribution < 1.29 is 28.7 Å². The van der Waals surface area contributed by atoms with E-state index < -0.39 is 23.2 Å². The van der Waals surface area contributed by atoms with Crippen molar-refractivity contribution in [3.63, 3.8) is 0 Å². The smallest absolute Gasteiger partial charge is 0.289 e. The minimum Gasteiger partial charge on any atom is -0.497 e. The third kappa shape index (κ3) is 6.64. The molecule has 4 amide bonds. The average molecular weight is 512 g/mol.